The van der Waals surface area contributed by atoms with E-state index in [2.05, 4.69) is 10.0 Å². The van der Waals surface area contributed by atoms with Gasteiger partial charge in [-0.1, -0.05) is 60.2 Å². The third-order valence-electron chi connectivity index (χ3n) is 4.10. The molecule has 2 rings (SSSR count). The van der Waals surface area contributed by atoms with E-state index in [0.717, 1.165) is 11.1 Å². The number of carbonyl (C=O) groups is 1. The van der Waals surface area contributed by atoms with Gasteiger partial charge in [-0.05, 0) is 52.3 Å². The first kappa shape index (κ1) is 23.6. The molecule has 2 aromatic rings. The summed E-state index contributed by atoms with van der Waals surface area (Å²) in [6.45, 7) is 9.01. The maximum absolute atomic E-state index is 12.6. The van der Waals surface area contributed by atoms with Crippen LogP contribution in [0.25, 0.3) is 0 Å². The molecule has 0 aliphatic carbocycles. The summed E-state index contributed by atoms with van der Waals surface area (Å²) in [7, 11) is -3.65. The summed E-state index contributed by atoms with van der Waals surface area (Å²) in [6.07, 6.45) is 2.91. The molecule has 0 fully saturated rings. The molecule has 0 radical (unpaired) electrons. The highest BCUT2D eigenvalue weighted by Gasteiger charge is 2.20. The van der Waals surface area contributed by atoms with Crippen LogP contribution in [0, 0.1) is 6.92 Å². The normalized spacial score (nSPS) is 14.3. The van der Waals surface area contributed by atoms with Gasteiger partial charge in [0, 0.05) is 6.04 Å². The SMILES string of the molecule is Cc1ccc(S(=O)(=O)N[C@@H](C)/C=C/[C@H](NC(=O)OC(C)(C)C)c2ccccc2)cc1. The minimum atomic E-state index is -3.65. The van der Waals surface area contributed by atoms with Crippen molar-refractivity contribution in [2.45, 2.75) is 57.2 Å². The highest BCUT2D eigenvalue weighted by atomic mass is 32.2. The van der Waals surface area contributed by atoms with Crippen LogP contribution >= 0.6 is 0 Å². The van der Waals surface area contributed by atoms with E-state index in [0.29, 0.717) is 0 Å². The van der Waals surface area contributed by atoms with Gasteiger partial charge >= 0.3 is 6.09 Å². The van der Waals surface area contributed by atoms with E-state index in [1.54, 1.807) is 64.1 Å². The predicted molar refractivity (Wildman–Crippen MR) is 119 cm³/mol. The minimum Gasteiger partial charge on any atom is -0.444 e. The van der Waals surface area contributed by atoms with Crippen LogP contribution in [0.15, 0.2) is 71.6 Å². The number of benzene rings is 2. The number of ether oxygens (including phenoxy) is 1. The van der Waals surface area contributed by atoms with E-state index >= 15 is 0 Å². The van der Waals surface area contributed by atoms with Crippen molar-refractivity contribution in [3.8, 4) is 0 Å². The van der Waals surface area contributed by atoms with Crippen LogP contribution in [0.4, 0.5) is 4.79 Å². The Morgan fingerprint density at radius 2 is 1.60 bits per heavy atom. The topological polar surface area (TPSA) is 84.5 Å². The average Bonchev–Trinajstić information content (AvgIpc) is 2.64. The number of carbonyl (C=O) groups excluding carboxylic acids is 1. The first-order valence-corrected chi connectivity index (χ1v) is 11.3. The molecule has 0 saturated heterocycles. The van der Waals surface area contributed by atoms with Crippen molar-refractivity contribution >= 4 is 16.1 Å². The molecule has 6 nitrogen and oxygen atoms in total. The smallest absolute Gasteiger partial charge is 0.408 e. The fourth-order valence-electron chi connectivity index (χ4n) is 2.68. The van der Waals surface area contributed by atoms with Gasteiger partial charge in [0.25, 0.3) is 0 Å². The molecule has 0 aliphatic rings. The molecule has 0 aliphatic heterocycles. The Bertz CT molecular complexity index is 963. The molecule has 30 heavy (non-hydrogen) atoms. The Kier molecular flexibility index (Phi) is 7.81. The number of nitrogens with one attached hydrogen (secondary N) is 2. The largest absolute Gasteiger partial charge is 0.444 e. The summed E-state index contributed by atoms with van der Waals surface area (Å²) >= 11 is 0. The Balaban J connectivity index is 2.13. The zero-order chi connectivity index (χ0) is 22.4. The van der Waals surface area contributed by atoms with Crippen molar-refractivity contribution < 1.29 is 17.9 Å². The van der Waals surface area contributed by atoms with Crippen LogP contribution in [0.5, 0.6) is 0 Å². The number of rotatable bonds is 7. The molecule has 1 amide bonds. The zero-order valence-corrected chi connectivity index (χ0v) is 18.9. The molecule has 0 bridgehead atoms. The second-order valence-electron chi connectivity index (χ2n) is 8.14. The van der Waals surface area contributed by atoms with Crippen molar-refractivity contribution in [2.24, 2.45) is 0 Å². The van der Waals surface area contributed by atoms with Crippen molar-refractivity contribution in [3.63, 3.8) is 0 Å². The molecule has 0 saturated carbocycles. The van der Waals surface area contributed by atoms with Crippen LogP contribution in [0.3, 0.4) is 0 Å². The summed E-state index contributed by atoms with van der Waals surface area (Å²) in [5.74, 6) is 0. The fraction of sp³-hybridized carbons (Fsp3) is 0.348. The minimum absolute atomic E-state index is 0.208. The first-order chi connectivity index (χ1) is 14.0. The van der Waals surface area contributed by atoms with E-state index in [1.807, 2.05) is 37.3 Å². The summed E-state index contributed by atoms with van der Waals surface area (Å²) in [5, 5.41) is 2.82. The van der Waals surface area contributed by atoms with E-state index < -0.39 is 33.8 Å². The van der Waals surface area contributed by atoms with Gasteiger partial charge in [-0.15, -0.1) is 0 Å². The Hall–Kier alpha value is -2.64. The predicted octanol–water partition coefficient (Wildman–Crippen LogP) is 4.48. The third kappa shape index (κ3) is 7.65. The Morgan fingerprint density at radius 1 is 1.00 bits per heavy atom. The molecule has 0 heterocycles. The van der Waals surface area contributed by atoms with Gasteiger partial charge in [0.05, 0.1) is 10.9 Å². The molecule has 0 spiro atoms. The summed E-state index contributed by atoms with van der Waals surface area (Å²) in [5.41, 5.74) is 1.22. The number of amides is 1. The van der Waals surface area contributed by atoms with Gasteiger partial charge in [0.1, 0.15) is 5.60 Å². The van der Waals surface area contributed by atoms with Crippen molar-refractivity contribution in [1.29, 1.82) is 0 Å². The zero-order valence-electron chi connectivity index (χ0n) is 18.0. The van der Waals surface area contributed by atoms with Gasteiger partial charge in [-0.3, -0.25) is 0 Å². The highest BCUT2D eigenvalue weighted by Crippen LogP contribution is 2.17. The van der Waals surface area contributed by atoms with Gasteiger partial charge < -0.3 is 10.1 Å². The molecule has 2 aromatic carbocycles. The lowest BCUT2D eigenvalue weighted by Gasteiger charge is -2.23. The first-order valence-electron chi connectivity index (χ1n) is 9.78. The van der Waals surface area contributed by atoms with Crippen molar-refractivity contribution in [2.75, 3.05) is 0 Å². The van der Waals surface area contributed by atoms with Gasteiger partial charge in [-0.2, -0.15) is 0 Å². The second-order valence-corrected chi connectivity index (χ2v) is 9.86. The molecule has 0 aromatic heterocycles. The maximum atomic E-state index is 12.6. The quantitative estimate of drug-likeness (QED) is 0.634. The number of hydrogen-bond acceptors (Lipinski definition) is 4. The lowest BCUT2D eigenvalue weighted by atomic mass is 10.1. The average molecular weight is 431 g/mol. The molecule has 2 atom stereocenters. The number of sulfonamides is 1. The number of hydrogen-bond donors (Lipinski definition) is 2. The van der Waals surface area contributed by atoms with Crippen molar-refractivity contribution in [3.05, 3.63) is 77.9 Å². The monoisotopic (exact) mass is 430 g/mol. The van der Waals surface area contributed by atoms with Crippen LogP contribution in [-0.2, 0) is 14.8 Å². The maximum Gasteiger partial charge on any atom is 0.408 e. The van der Waals surface area contributed by atoms with E-state index in [1.165, 1.54) is 0 Å². The Labute approximate surface area is 179 Å². The van der Waals surface area contributed by atoms with Crippen LogP contribution < -0.4 is 10.0 Å². The van der Waals surface area contributed by atoms with Gasteiger partial charge in [0.2, 0.25) is 10.0 Å². The fourth-order valence-corrected chi connectivity index (χ4v) is 3.88. The molecule has 2 N–H and O–H groups in total. The van der Waals surface area contributed by atoms with E-state index in [-0.39, 0.29) is 4.90 Å². The lowest BCUT2D eigenvalue weighted by molar-refractivity contribution is 0.0514. The molecular weight excluding hydrogens is 400 g/mol. The summed E-state index contributed by atoms with van der Waals surface area (Å²) < 4.78 is 33.1. The summed E-state index contributed by atoms with van der Waals surface area (Å²) in [4.78, 5) is 12.5. The van der Waals surface area contributed by atoms with Crippen LogP contribution in [-0.4, -0.2) is 26.2 Å². The molecule has 162 valence electrons. The van der Waals surface area contributed by atoms with Gasteiger partial charge in [0.15, 0.2) is 0 Å². The second kappa shape index (κ2) is 9.91. The van der Waals surface area contributed by atoms with Gasteiger partial charge in [-0.25, -0.2) is 17.9 Å². The highest BCUT2D eigenvalue weighted by molar-refractivity contribution is 7.89. The molecule has 7 heteroatoms. The molecule has 0 unspecified atom stereocenters. The number of aryl methyl sites for hydroxylation is 1. The lowest BCUT2D eigenvalue weighted by Crippen LogP contribution is -2.35. The van der Waals surface area contributed by atoms with Crippen LogP contribution in [0.2, 0.25) is 0 Å². The van der Waals surface area contributed by atoms with E-state index in [4.69, 9.17) is 4.74 Å². The van der Waals surface area contributed by atoms with Crippen molar-refractivity contribution in [1.82, 2.24) is 10.0 Å². The third-order valence-corrected chi connectivity index (χ3v) is 5.67. The number of alkyl carbamates (subject to hydrolysis) is 1. The summed E-state index contributed by atoms with van der Waals surface area (Å²) in [6, 6.07) is 15.1. The Morgan fingerprint density at radius 3 is 2.17 bits per heavy atom. The van der Waals surface area contributed by atoms with Crippen LogP contribution in [0.1, 0.15) is 44.9 Å². The molecular formula is C23H30N2O4S. The van der Waals surface area contributed by atoms with E-state index in [9.17, 15) is 13.2 Å². The standard InChI is InChI=1S/C23H30N2O4S/c1-17-11-14-20(15-12-17)30(27,28)25-18(2)13-16-21(19-9-7-6-8-10-19)24-22(26)29-23(3,4)5/h6-16,18,21,25H,1-5H3,(H,24,26)/b16-13+/t18-,21-/m0/s1.